The SMILES string of the molecule is COc1ccnc(C(=O)N[C@@H](C)C(=O)O[C@@H](C)COCC(C)C)c1O. The van der Waals surface area contributed by atoms with Gasteiger partial charge in [0.1, 0.15) is 12.1 Å². The molecule has 1 amide bonds. The predicted molar refractivity (Wildman–Crippen MR) is 90.6 cm³/mol. The van der Waals surface area contributed by atoms with Crippen molar-refractivity contribution in [2.75, 3.05) is 20.3 Å². The molecule has 0 aromatic carbocycles. The van der Waals surface area contributed by atoms with Crippen molar-refractivity contribution in [1.82, 2.24) is 10.3 Å². The van der Waals surface area contributed by atoms with Gasteiger partial charge in [-0.05, 0) is 19.8 Å². The number of aromatic hydroxyl groups is 1. The minimum Gasteiger partial charge on any atom is -0.503 e. The molecule has 0 aliphatic carbocycles. The number of carbonyl (C=O) groups is 2. The normalized spacial score (nSPS) is 13.2. The zero-order valence-electron chi connectivity index (χ0n) is 15.2. The van der Waals surface area contributed by atoms with E-state index in [1.54, 1.807) is 6.92 Å². The van der Waals surface area contributed by atoms with Crippen LogP contribution in [0.1, 0.15) is 38.2 Å². The van der Waals surface area contributed by atoms with Crippen molar-refractivity contribution >= 4 is 11.9 Å². The number of ether oxygens (including phenoxy) is 3. The van der Waals surface area contributed by atoms with Crippen LogP contribution in [0, 0.1) is 5.92 Å². The van der Waals surface area contributed by atoms with Crippen LogP contribution in [0.25, 0.3) is 0 Å². The molecule has 0 fully saturated rings. The van der Waals surface area contributed by atoms with E-state index >= 15 is 0 Å². The van der Waals surface area contributed by atoms with E-state index in [-0.39, 0.29) is 18.1 Å². The lowest BCUT2D eigenvalue weighted by Crippen LogP contribution is -2.41. The molecule has 0 aliphatic rings. The maximum Gasteiger partial charge on any atom is 0.328 e. The van der Waals surface area contributed by atoms with Crippen molar-refractivity contribution in [2.45, 2.75) is 39.8 Å². The van der Waals surface area contributed by atoms with Gasteiger partial charge in [-0.15, -0.1) is 0 Å². The number of hydrogen-bond acceptors (Lipinski definition) is 7. The Morgan fingerprint density at radius 1 is 1.24 bits per heavy atom. The van der Waals surface area contributed by atoms with Gasteiger partial charge in [0.2, 0.25) is 0 Å². The summed E-state index contributed by atoms with van der Waals surface area (Å²) in [5.41, 5.74) is -0.229. The van der Waals surface area contributed by atoms with Crippen LogP contribution in [-0.2, 0) is 14.3 Å². The van der Waals surface area contributed by atoms with Crippen LogP contribution in [0.15, 0.2) is 12.3 Å². The third kappa shape index (κ3) is 6.58. The number of pyridine rings is 1. The number of carbonyl (C=O) groups excluding carboxylic acids is 2. The first-order chi connectivity index (χ1) is 11.8. The molecule has 0 bridgehead atoms. The molecule has 0 aliphatic heterocycles. The first kappa shape index (κ1) is 20.7. The maximum absolute atomic E-state index is 12.2. The van der Waals surface area contributed by atoms with Crippen LogP contribution in [0.4, 0.5) is 0 Å². The number of hydrogen-bond donors (Lipinski definition) is 2. The average Bonchev–Trinajstić information content (AvgIpc) is 2.54. The van der Waals surface area contributed by atoms with Gasteiger partial charge in [-0.1, -0.05) is 13.8 Å². The van der Waals surface area contributed by atoms with E-state index in [2.05, 4.69) is 10.3 Å². The second-order valence-corrected chi connectivity index (χ2v) is 6.08. The number of amides is 1. The van der Waals surface area contributed by atoms with Gasteiger partial charge in [-0.3, -0.25) is 4.79 Å². The summed E-state index contributed by atoms with van der Waals surface area (Å²) in [6, 6.07) is 0.510. The summed E-state index contributed by atoms with van der Waals surface area (Å²) in [6.07, 6.45) is 0.888. The number of rotatable bonds is 9. The van der Waals surface area contributed by atoms with Crippen molar-refractivity contribution < 1.29 is 28.9 Å². The molecule has 0 saturated heterocycles. The third-order valence-electron chi connectivity index (χ3n) is 3.14. The molecule has 140 valence electrons. The fourth-order valence-electron chi connectivity index (χ4n) is 1.90. The van der Waals surface area contributed by atoms with Crippen LogP contribution in [0.5, 0.6) is 11.5 Å². The van der Waals surface area contributed by atoms with Crippen molar-refractivity contribution in [3.63, 3.8) is 0 Å². The zero-order valence-corrected chi connectivity index (χ0v) is 15.2. The van der Waals surface area contributed by atoms with E-state index in [9.17, 15) is 14.7 Å². The summed E-state index contributed by atoms with van der Waals surface area (Å²) in [4.78, 5) is 28.0. The fourth-order valence-corrected chi connectivity index (χ4v) is 1.90. The highest BCUT2D eigenvalue weighted by Crippen LogP contribution is 2.27. The van der Waals surface area contributed by atoms with E-state index in [1.807, 2.05) is 13.8 Å². The van der Waals surface area contributed by atoms with Crippen LogP contribution in [0.2, 0.25) is 0 Å². The van der Waals surface area contributed by atoms with E-state index in [0.29, 0.717) is 12.5 Å². The van der Waals surface area contributed by atoms with Gasteiger partial charge in [-0.2, -0.15) is 0 Å². The highest BCUT2D eigenvalue weighted by Gasteiger charge is 2.23. The number of esters is 1. The van der Waals surface area contributed by atoms with Crippen LogP contribution < -0.4 is 10.1 Å². The number of nitrogens with zero attached hydrogens (tertiary/aromatic N) is 1. The summed E-state index contributed by atoms with van der Waals surface area (Å²) in [6.45, 7) is 8.10. The summed E-state index contributed by atoms with van der Waals surface area (Å²) in [5.74, 6) is -1.19. The van der Waals surface area contributed by atoms with E-state index < -0.39 is 29.8 Å². The molecule has 2 atom stereocenters. The molecule has 0 saturated carbocycles. The summed E-state index contributed by atoms with van der Waals surface area (Å²) >= 11 is 0. The highest BCUT2D eigenvalue weighted by atomic mass is 16.6. The van der Waals surface area contributed by atoms with Crippen LogP contribution >= 0.6 is 0 Å². The van der Waals surface area contributed by atoms with Gasteiger partial charge >= 0.3 is 5.97 Å². The molecule has 8 nitrogen and oxygen atoms in total. The Kier molecular flexibility index (Phi) is 8.13. The Hall–Kier alpha value is -2.35. The van der Waals surface area contributed by atoms with E-state index in [1.165, 1.54) is 26.3 Å². The molecule has 1 aromatic rings. The van der Waals surface area contributed by atoms with Gasteiger partial charge in [-0.25, -0.2) is 9.78 Å². The van der Waals surface area contributed by atoms with Crippen LogP contribution in [0.3, 0.4) is 0 Å². The maximum atomic E-state index is 12.2. The largest absolute Gasteiger partial charge is 0.503 e. The van der Waals surface area contributed by atoms with Gasteiger partial charge in [0.25, 0.3) is 5.91 Å². The predicted octanol–water partition coefficient (Wildman–Crippen LogP) is 1.52. The lowest BCUT2D eigenvalue weighted by atomic mass is 10.2. The van der Waals surface area contributed by atoms with E-state index in [0.717, 1.165) is 0 Å². The molecule has 1 aromatic heterocycles. The molecule has 0 unspecified atom stereocenters. The minimum absolute atomic E-state index is 0.117. The van der Waals surface area contributed by atoms with Crippen molar-refractivity contribution in [1.29, 1.82) is 0 Å². The topological polar surface area (TPSA) is 107 Å². The zero-order chi connectivity index (χ0) is 19.0. The van der Waals surface area contributed by atoms with Gasteiger partial charge < -0.3 is 24.6 Å². The highest BCUT2D eigenvalue weighted by molar-refractivity contribution is 5.97. The Balaban J connectivity index is 2.56. The first-order valence-electron chi connectivity index (χ1n) is 8.07. The summed E-state index contributed by atoms with van der Waals surface area (Å²) in [7, 11) is 1.36. The monoisotopic (exact) mass is 354 g/mol. The minimum atomic E-state index is -0.910. The van der Waals surface area contributed by atoms with Gasteiger partial charge in [0, 0.05) is 18.9 Å². The van der Waals surface area contributed by atoms with Gasteiger partial charge in [0.05, 0.1) is 13.7 Å². The first-order valence-corrected chi connectivity index (χ1v) is 8.07. The average molecular weight is 354 g/mol. The fraction of sp³-hybridized carbons (Fsp3) is 0.588. The molecule has 1 heterocycles. The quantitative estimate of drug-likeness (QED) is 0.647. The Morgan fingerprint density at radius 3 is 2.52 bits per heavy atom. The molecule has 0 spiro atoms. The smallest absolute Gasteiger partial charge is 0.328 e. The number of nitrogens with one attached hydrogen (secondary N) is 1. The number of aromatic nitrogens is 1. The Labute approximate surface area is 147 Å². The Bertz CT molecular complexity index is 591. The van der Waals surface area contributed by atoms with E-state index in [4.69, 9.17) is 14.2 Å². The summed E-state index contributed by atoms with van der Waals surface area (Å²) < 4.78 is 15.5. The van der Waals surface area contributed by atoms with Crippen LogP contribution in [-0.4, -0.2) is 54.4 Å². The van der Waals surface area contributed by atoms with Gasteiger partial charge in [0.15, 0.2) is 17.2 Å². The Morgan fingerprint density at radius 2 is 1.92 bits per heavy atom. The van der Waals surface area contributed by atoms with Crippen molar-refractivity contribution in [3.05, 3.63) is 18.0 Å². The second-order valence-electron chi connectivity index (χ2n) is 6.08. The second kappa shape index (κ2) is 9.83. The molecular formula is C17H26N2O6. The van der Waals surface area contributed by atoms with Crippen molar-refractivity contribution in [3.8, 4) is 11.5 Å². The molecule has 0 radical (unpaired) electrons. The van der Waals surface area contributed by atoms with Crippen molar-refractivity contribution in [2.24, 2.45) is 5.92 Å². The number of methoxy groups -OCH3 is 1. The lowest BCUT2D eigenvalue weighted by molar-refractivity contribution is -0.153. The lowest BCUT2D eigenvalue weighted by Gasteiger charge is -2.18. The molecule has 8 heteroatoms. The third-order valence-corrected chi connectivity index (χ3v) is 3.14. The molecule has 25 heavy (non-hydrogen) atoms. The molecular weight excluding hydrogens is 328 g/mol. The summed E-state index contributed by atoms with van der Waals surface area (Å²) in [5, 5.41) is 12.4. The molecule has 1 rings (SSSR count). The molecule has 2 N–H and O–H groups in total. The standard InChI is InChI=1S/C17H26N2O6/c1-10(2)8-24-9-11(3)25-17(22)12(4)19-16(21)14-15(20)13(23-5)6-7-18-14/h6-7,10-12,20H,8-9H2,1-5H3,(H,19,21)/t11-,12-/m0/s1.